The van der Waals surface area contributed by atoms with Gasteiger partial charge < -0.3 is 10.6 Å². The summed E-state index contributed by atoms with van der Waals surface area (Å²) in [6.45, 7) is 9.70. The Labute approximate surface area is 171 Å². The Kier molecular flexibility index (Phi) is 5.97. The quantitative estimate of drug-likeness (QED) is 0.769. The first kappa shape index (κ1) is 21.3. The molecule has 0 unspecified atom stereocenters. The molecular formula is C24H30F2N2O. The van der Waals surface area contributed by atoms with Gasteiger partial charge in [0.1, 0.15) is 0 Å². The molecule has 0 bridgehead atoms. The first-order valence-electron chi connectivity index (χ1n) is 10.2. The zero-order valence-corrected chi connectivity index (χ0v) is 17.7. The minimum Gasteiger partial charge on any atom is -0.370 e. The Bertz CT molecular complexity index is 914. The van der Waals surface area contributed by atoms with Crippen LogP contribution in [0.1, 0.15) is 54.5 Å². The highest BCUT2D eigenvalue weighted by Gasteiger charge is 2.24. The fourth-order valence-corrected chi connectivity index (χ4v) is 4.42. The maximum Gasteiger partial charge on any atom is 0.217 e. The van der Waals surface area contributed by atoms with Crippen LogP contribution in [0, 0.1) is 30.9 Å². The van der Waals surface area contributed by atoms with Crippen LogP contribution in [0.5, 0.6) is 0 Å². The van der Waals surface area contributed by atoms with E-state index in [9.17, 15) is 13.6 Å². The number of primary amides is 1. The highest BCUT2D eigenvalue weighted by Crippen LogP contribution is 2.33. The maximum absolute atomic E-state index is 13.8. The number of hydrogen-bond donors (Lipinski definition) is 1. The molecule has 0 fully saturated rings. The van der Waals surface area contributed by atoms with E-state index in [1.807, 2.05) is 0 Å². The number of carbonyl (C=O) groups is 1. The smallest absolute Gasteiger partial charge is 0.217 e. The third kappa shape index (κ3) is 4.95. The lowest BCUT2D eigenvalue weighted by Gasteiger charge is -2.28. The van der Waals surface area contributed by atoms with Crippen molar-refractivity contribution in [3.8, 4) is 0 Å². The van der Waals surface area contributed by atoms with Crippen LogP contribution in [0.2, 0.25) is 0 Å². The van der Waals surface area contributed by atoms with Gasteiger partial charge in [0.2, 0.25) is 5.91 Å². The summed E-state index contributed by atoms with van der Waals surface area (Å²) in [5.41, 5.74) is 11.6. The molecule has 2 N–H and O–H groups in total. The highest BCUT2D eigenvalue weighted by molar-refractivity contribution is 5.74. The zero-order chi connectivity index (χ0) is 21.3. The van der Waals surface area contributed by atoms with Crippen molar-refractivity contribution < 1.29 is 13.6 Å². The van der Waals surface area contributed by atoms with Crippen LogP contribution in [0.25, 0.3) is 0 Å². The Morgan fingerprint density at radius 1 is 1.07 bits per heavy atom. The number of benzene rings is 2. The fraction of sp³-hybridized carbons (Fsp3) is 0.458. The van der Waals surface area contributed by atoms with E-state index in [1.165, 1.54) is 28.8 Å². The number of fused-ring (bicyclic) bond motifs is 1. The van der Waals surface area contributed by atoms with E-state index in [4.69, 9.17) is 5.73 Å². The van der Waals surface area contributed by atoms with Gasteiger partial charge in [0, 0.05) is 25.2 Å². The van der Waals surface area contributed by atoms with Crippen LogP contribution in [-0.2, 0) is 24.2 Å². The summed E-state index contributed by atoms with van der Waals surface area (Å²) in [5, 5.41) is 0. The highest BCUT2D eigenvalue weighted by atomic mass is 19.2. The largest absolute Gasteiger partial charge is 0.370 e. The standard InChI is InChI=1S/C24H30F2N2O/c1-15-8-19(9-16(2)20(15)12-24(3,4)13-23(27)29)28-7-5-6-17-10-21(25)22(26)11-18(17)14-28/h8-11H,5-7,12-14H2,1-4H3,(H2,27,29). The molecule has 156 valence electrons. The molecule has 3 nitrogen and oxygen atoms in total. The molecule has 29 heavy (non-hydrogen) atoms. The van der Waals surface area contributed by atoms with E-state index in [1.54, 1.807) is 0 Å². The summed E-state index contributed by atoms with van der Waals surface area (Å²) in [6.07, 6.45) is 2.77. The van der Waals surface area contributed by atoms with Gasteiger partial charge in [-0.2, -0.15) is 0 Å². The SMILES string of the molecule is Cc1cc(N2CCCc3cc(F)c(F)cc3C2)cc(C)c1CC(C)(C)CC(N)=O. The second-order valence-corrected chi connectivity index (χ2v) is 9.10. The van der Waals surface area contributed by atoms with Crippen molar-refractivity contribution in [3.05, 3.63) is 63.7 Å². The van der Waals surface area contributed by atoms with Crippen molar-refractivity contribution in [2.24, 2.45) is 11.1 Å². The number of rotatable bonds is 5. The molecule has 1 heterocycles. The van der Waals surface area contributed by atoms with Crippen molar-refractivity contribution >= 4 is 11.6 Å². The average molecular weight is 401 g/mol. The van der Waals surface area contributed by atoms with Crippen molar-refractivity contribution in [1.82, 2.24) is 0 Å². The maximum atomic E-state index is 13.8. The average Bonchev–Trinajstić information content (AvgIpc) is 2.79. The van der Waals surface area contributed by atoms with Crippen LogP contribution in [0.4, 0.5) is 14.5 Å². The van der Waals surface area contributed by atoms with Crippen LogP contribution >= 0.6 is 0 Å². The van der Waals surface area contributed by atoms with Gasteiger partial charge in [0.25, 0.3) is 0 Å². The summed E-state index contributed by atoms with van der Waals surface area (Å²) < 4.78 is 27.4. The van der Waals surface area contributed by atoms with Crippen LogP contribution in [0.3, 0.4) is 0 Å². The third-order valence-electron chi connectivity index (χ3n) is 5.83. The molecule has 5 heteroatoms. The Morgan fingerprint density at radius 2 is 1.66 bits per heavy atom. The van der Waals surface area contributed by atoms with Gasteiger partial charge in [0.05, 0.1) is 0 Å². The molecule has 1 aliphatic heterocycles. The van der Waals surface area contributed by atoms with E-state index >= 15 is 0 Å². The van der Waals surface area contributed by atoms with Gasteiger partial charge in [-0.15, -0.1) is 0 Å². The molecule has 2 aromatic carbocycles. The summed E-state index contributed by atoms with van der Waals surface area (Å²) in [6, 6.07) is 7.00. The number of carbonyl (C=O) groups excluding carboxylic acids is 1. The molecular weight excluding hydrogens is 370 g/mol. The molecule has 0 radical (unpaired) electrons. The van der Waals surface area contributed by atoms with Crippen molar-refractivity contribution in [2.75, 3.05) is 11.4 Å². The number of aryl methyl sites for hydroxylation is 3. The van der Waals surface area contributed by atoms with Crippen molar-refractivity contribution in [1.29, 1.82) is 0 Å². The van der Waals surface area contributed by atoms with Crippen molar-refractivity contribution in [3.63, 3.8) is 0 Å². The number of anilines is 1. The first-order chi connectivity index (χ1) is 13.6. The number of hydrogen-bond acceptors (Lipinski definition) is 2. The summed E-state index contributed by atoms with van der Waals surface area (Å²) in [7, 11) is 0. The van der Waals surface area contributed by atoms with E-state index in [-0.39, 0.29) is 11.3 Å². The Hall–Kier alpha value is -2.43. The third-order valence-corrected chi connectivity index (χ3v) is 5.83. The molecule has 3 rings (SSSR count). The van der Waals surface area contributed by atoms with E-state index < -0.39 is 11.6 Å². The van der Waals surface area contributed by atoms with Crippen molar-refractivity contribution in [2.45, 2.75) is 59.9 Å². The molecule has 1 amide bonds. The van der Waals surface area contributed by atoms with E-state index in [2.05, 4.69) is 44.7 Å². The molecule has 2 aromatic rings. The van der Waals surface area contributed by atoms with E-state index in [0.717, 1.165) is 42.6 Å². The minimum atomic E-state index is -0.787. The lowest BCUT2D eigenvalue weighted by Crippen LogP contribution is -2.26. The van der Waals surface area contributed by atoms with Crippen LogP contribution < -0.4 is 10.6 Å². The molecule has 0 aliphatic carbocycles. The Morgan fingerprint density at radius 3 is 2.24 bits per heavy atom. The second-order valence-electron chi connectivity index (χ2n) is 9.10. The molecule has 0 aromatic heterocycles. The van der Waals surface area contributed by atoms with Gasteiger partial charge in [-0.1, -0.05) is 13.8 Å². The Balaban J connectivity index is 1.88. The van der Waals surface area contributed by atoms with Gasteiger partial charge in [-0.05, 0) is 90.6 Å². The predicted molar refractivity (Wildman–Crippen MR) is 113 cm³/mol. The number of nitrogens with two attached hydrogens (primary N) is 1. The molecule has 0 spiro atoms. The summed E-state index contributed by atoms with van der Waals surface area (Å²) in [4.78, 5) is 13.6. The lowest BCUT2D eigenvalue weighted by molar-refractivity contribution is -0.119. The van der Waals surface area contributed by atoms with Gasteiger partial charge in [-0.25, -0.2) is 8.78 Å². The lowest BCUT2D eigenvalue weighted by atomic mass is 9.80. The zero-order valence-electron chi connectivity index (χ0n) is 17.7. The normalized spacial score (nSPS) is 14.5. The second kappa shape index (κ2) is 8.13. The molecule has 1 aliphatic rings. The monoisotopic (exact) mass is 400 g/mol. The fourth-order valence-electron chi connectivity index (χ4n) is 4.42. The summed E-state index contributed by atoms with van der Waals surface area (Å²) in [5.74, 6) is -1.84. The van der Waals surface area contributed by atoms with Gasteiger partial charge in [0.15, 0.2) is 11.6 Å². The molecule has 0 saturated carbocycles. The number of nitrogens with zero attached hydrogens (tertiary/aromatic N) is 1. The molecule has 0 atom stereocenters. The number of amides is 1. The summed E-state index contributed by atoms with van der Waals surface area (Å²) >= 11 is 0. The van der Waals surface area contributed by atoms with Crippen LogP contribution in [0.15, 0.2) is 24.3 Å². The van der Waals surface area contributed by atoms with Gasteiger partial charge in [-0.3, -0.25) is 4.79 Å². The number of halogens is 2. The first-order valence-corrected chi connectivity index (χ1v) is 10.2. The minimum absolute atomic E-state index is 0.202. The van der Waals surface area contributed by atoms with E-state index in [0.29, 0.717) is 13.0 Å². The van der Waals surface area contributed by atoms with Gasteiger partial charge >= 0.3 is 0 Å². The predicted octanol–water partition coefficient (Wildman–Crippen LogP) is 4.98. The topological polar surface area (TPSA) is 46.3 Å². The molecule has 0 saturated heterocycles. The van der Waals surface area contributed by atoms with Crippen LogP contribution in [-0.4, -0.2) is 12.5 Å².